The number of benzene rings is 2. The number of halogens is 1. The molecule has 0 spiro atoms. The van der Waals surface area contributed by atoms with E-state index in [4.69, 9.17) is 0 Å². The van der Waals surface area contributed by atoms with Gasteiger partial charge in [0.1, 0.15) is 0 Å². The van der Waals surface area contributed by atoms with Crippen molar-refractivity contribution < 1.29 is 4.79 Å². The molecule has 0 atom stereocenters. The molecular formula is C16H16BrNO. The molecule has 0 heterocycles. The summed E-state index contributed by atoms with van der Waals surface area (Å²) in [5, 5.41) is 2.95. The van der Waals surface area contributed by atoms with Crippen LogP contribution in [0.5, 0.6) is 0 Å². The predicted octanol–water partition coefficient (Wildman–Crippen LogP) is 4.37. The van der Waals surface area contributed by atoms with Gasteiger partial charge in [-0.25, -0.2) is 0 Å². The summed E-state index contributed by atoms with van der Waals surface area (Å²) in [6.45, 7) is 3.85. The van der Waals surface area contributed by atoms with Gasteiger partial charge < -0.3 is 5.32 Å². The van der Waals surface area contributed by atoms with Gasteiger partial charge in [0.25, 0.3) is 0 Å². The quantitative estimate of drug-likeness (QED) is 0.895. The lowest BCUT2D eigenvalue weighted by Gasteiger charge is -2.24. The van der Waals surface area contributed by atoms with Crippen LogP contribution in [0.4, 0.5) is 5.69 Å². The first-order valence-electron chi connectivity index (χ1n) is 6.13. The summed E-state index contributed by atoms with van der Waals surface area (Å²) >= 11 is 3.40. The molecule has 0 radical (unpaired) electrons. The molecule has 1 amide bonds. The third-order valence-electron chi connectivity index (χ3n) is 3.15. The summed E-state index contributed by atoms with van der Waals surface area (Å²) in [5.41, 5.74) is 1.23. The lowest BCUT2D eigenvalue weighted by atomic mass is 9.83. The maximum absolute atomic E-state index is 12.4. The van der Waals surface area contributed by atoms with E-state index in [1.54, 1.807) is 0 Å². The molecule has 98 valence electrons. The summed E-state index contributed by atoms with van der Waals surface area (Å²) in [6.07, 6.45) is 0. The van der Waals surface area contributed by atoms with E-state index in [1.165, 1.54) is 0 Å². The smallest absolute Gasteiger partial charge is 0.234 e. The second-order valence-electron chi connectivity index (χ2n) is 4.96. The molecule has 0 aromatic heterocycles. The third kappa shape index (κ3) is 3.24. The van der Waals surface area contributed by atoms with E-state index in [-0.39, 0.29) is 5.91 Å². The average Bonchev–Trinajstić information content (AvgIpc) is 2.39. The zero-order chi connectivity index (χ0) is 13.9. The highest BCUT2D eigenvalue weighted by molar-refractivity contribution is 9.10. The first-order valence-corrected chi connectivity index (χ1v) is 6.92. The first kappa shape index (κ1) is 13.8. The molecular weight excluding hydrogens is 302 g/mol. The van der Waals surface area contributed by atoms with Gasteiger partial charge in [-0.3, -0.25) is 4.79 Å². The predicted molar refractivity (Wildman–Crippen MR) is 82.2 cm³/mol. The molecule has 2 aromatic carbocycles. The Morgan fingerprint density at radius 3 is 2.37 bits per heavy atom. The maximum atomic E-state index is 12.4. The second-order valence-corrected chi connectivity index (χ2v) is 5.87. The van der Waals surface area contributed by atoms with E-state index in [0.29, 0.717) is 0 Å². The van der Waals surface area contributed by atoms with Crippen LogP contribution in [0.1, 0.15) is 19.4 Å². The van der Waals surface area contributed by atoms with Gasteiger partial charge in [-0.2, -0.15) is 0 Å². The summed E-state index contributed by atoms with van der Waals surface area (Å²) in [7, 11) is 0. The average molecular weight is 318 g/mol. The zero-order valence-corrected chi connectivity index (χ0v) is 12.6. The Kier molecular flexibility index (Phi) is 4.05. The van der Waals surface area contributed by atoms with Crippen LogP contribution in [-0.4, -0.2) is 5.91 Å². The van der Waals surface area contributed by atoms with Crippen molar-refractivity contribution in [2.24, 2.45) is 0 Å². The van der Waals surface area contributed by atoms with E-state index < -0.39 is 5.41 Å². The monoisotopic (exact) mass is 317 g/mol. The highest BCUT2D eigenvalue weighted by Crippen LogP contribution is 2.25. The van der Waals surface area contributed by atoms with Gasteiger partial charge in [-0.15, -0.1) is 0 Å². The third-order valence-corrected chi connectivity index (χ3v) is 3.64. The van der Waals surface area contributed by atoms with Crippen molar-refractivity contribution in [3.05, 3.63) is 64.6 Å². The Balaban J connectivity index is 2.20. The van der Waals surface area contributed by atoms with Crippen molar-refractivity contribution in [3.8, 4) is 0 Å². The van der Waals surface area contributed by atoms with Crippen LogP contribution in [0.2, 0.25) is 0 Å². The standard InChI is InChI=1S/C16H16BrNO/c1-16(2,12-7-4-3-5-8-12)15(19)18-14-10-6-9-13(17)11-14/h3-11H,1-2H3,(H,18,19). The number of amides is 1. The summed E-state index contributed by atoms with van der Waals surface area (Å²) in [6, 6.07) is 17.4. The van der Waals surface area contributed by atoms with Crippen molar-refractivity contribution in [2.45, 2.75) is 19.3 Å². The van der Waals surface area contributed by atoms with Crippen molar-refractivity contribution in [1.82, 2.24) is 0 Å². The number of nitrogens with one attached hydrogen (secondary N) is 1. The molecule has 19 heavy (non-hydrogen) atoms. The Morgan fingerprint density at radius 2 is 1.74 bits per heavy atom. The molecule has 0 fully saturated rings. The molecule has 0 bridgehead atoms. The first-order chi connectivity index (χ1) is 9.00. The van der Waals surface area contributed by atoms with E-state index in [1.807, 2.05) is 68.4 Å². The van der Waals surface area contributed by atoms with Gasteiger partial charge >= 0.3 is 0 Å². The highest BCUT2D eigenvalue weighted by Gasteiger charge is 2.29. The fourth-order valence-corrected chi connectivity index (χ4v) is 2.24. The molecule has 3 heteroatoms. The minimum atomic E-state index is -0.566. The van der Waals surface area contributed by atoms with Gasteiger partial charge in [0, 0.05) is 10.2 Å². The van der Waals surface area contributed by atoms with E-state index >= 15 is 0 Å². The van der Waals surface area contributed by atoms with E-state index in [9.17, 15) is 4.79 Å². The van der Waals surface area contributed by atoms with Crippen LogP contribution in [0.25, 0.3) is 0 Å². The van der Waals surface area contributed by atoms with Crippen LogP contribution in [0.15, 0.2) is 59.1 Å². The number of carbonyl (C=O) groups excluding carboxylic acids is 1. The van der Waals surface area contributed by atoms with E-state index in [0.717, 1.165) is 15.7 Å². The Bertz CT molecular complexity index is 578. The van der Waals surface area contributed by atoms with Crippen molar-refractivity contribution in [2.75, 3.05) is 5.32 Å². The summed E-state index contributed by atoms with van der Waals surface area (Å²) in [4.78, 5) is 12.4. The maximum Gasteiger partial charge on any atom is 0.234 e. The molecule has 0 aliphatic carbocycles. The minimum Gasteiger partial charge on any atom is -0.325 e. The Morgan fingerprint density at radius 1 is 1.05 bits per heavy atom. The van der Waals surface area contributed by atoms with Crippen molar-refractivity contribution in [1.29, 1.82) is 0 Å². The minimum absolute atomic E-state index is 0.0169. The van der Waals surface area contributed by atoms with Crippen LogP contribution in [0, 0.1) is 0 Å². The Labute approximate surface area is 122 Å². The molecule has 2 rings (SSSR count). The molecule has 2 nitrogen and oxygen atoms in total. The number of rotatable bonds is 3. The molecule has 0 saturated carbocycles. The van der Waals surface area contributed by atoms with E-state index in [2.05, 4.69) is 21.2 Å². The number of hydrogen-bond donors (Lipinski definition) is 1. The van der Waals surface area contributed by atoms with Crippen molar-refractivity contribution >= 4 is 27.5 Å². The number of anilines is 1. The lowest BCUT2D eigenvalue weighted by molar-refractivity contribution is -0.120. The lowest BCUT2D eigenvalue weighted by Crippen LogP contribution is -2.34. The molecule has 0 saturated heterocycles. The van der Waals surface area contributed by atoms with Crippen molar-refractivity contribution in [3.63, 3.8) is 0 Å². The zero-order valence-electron chi connectivity index (χ0n) is 11.0. The van der Waals surface area contributed by atoms with Gasteiger partial charge in [0.2, 0.25) is 5.91 Å². The van der Waals surface area contributed by atoms with Gasteiger partial charge in [0.15, 0.2) is 0 Å². The van der Waals surface area contributed by atoms with Gasteiger partial charge in [-0.1, -0.05) is 52.3 Å². The molecule has 2 aromatic rings. The van der Waals surface area contributed by atoms with Crippen LogP contribution in [-0.2, 0) is 10.2 Å². The summed E-state index contributed by atoms with van der Waals surface area (Å²) < 4.78 is 0.947. The normalized spacial score (nSPS) is 11.1. The fourth-order valence-electron chi connectivity index (χ4n) is 1.84. The number of hydrogen-bond acceptors (Lipinski definition) is 1. The van der Waals surface area contributed by atoms with Gasteiger partial charge in [-0.05, 0) is 37.6 Å². The fraction of sp³-hybridized carbons (Fsp3) is 0.188. The largest absolute Gasteiger partial charge is 0.325 e. The van der Waals surface area contributed by atoms with Crippen LogP contribution < -0.4 is 5.32 Å². The van der Waals surface area contributed by atoms with Crippen LogP contribution >= 0.6 is 15.9 Å². The molecule has 0 aliphatic rings. The molecule has 0 unspecified atom stereocenters. The highest BCUT2D eigenvalue weighted by atomic mass is 79.9. The second kappa shape index (κ2) is 5.57. The molecule has 0 aliphatic heterocycles. The van der Waals surface area contributed by atoms with Crippen LogP contribution in [0.3, 0.4) is 0 Å². The topological polar surface area (TPSA) is 29.1 Å². The van der Waals surface area contributed by atoms with Gasteiger partial charge in [0.05, 0.1) is 5.41 Å². The SMILES string of the molecule is CC(C)(C(=O)Nc1cccc(Br)c1)c1ccccc1. The Hall–Kier alpha value is -1.61. The molecule has 1 N–H and O–H groups in total. The number of carbonyl (C=O) groups is 1. The summed E-state index contributed by atoms with van der Waals surface area (Å²) in [5.74, 6) is -0.0169.